The van der Waals surface area contributed by atoms with Crippen molar-refractivity contribution in [2.24, 2.45) is 0 Å². The number of carbonyl (C=O) groups is 3. The highest BCUT2D eigenvalue weighted by Gasteiger charge is 2.39. The molecule has 1 aliphatic rings. The average Bonchev–Trinajstić information content (AvgIpc) is 3.29. The van der Waals surface area contributed by atoms with Gasteiger partial charge in [0.1, 0.15) is 4.88 Å². The number of benzene rings is 2. The van der Waals surface area contributed by atoms with Gasteiger partial charge in [-0.1, -0.05) is 35.4 Å². The van der Waals surface area contributed by atoms with Crippen LogP contribution in [0.2, 0.25) is 0 Å². The largest absolute Gasteiger partial charge is 0.373 e. The van der Waals surface area contributed by atoms with E-state index in [4.69, 9.17) is 4.84 Å². The molecule has 0 spiro atoms. The lowest BCUT2D eigenvalue weighted by Crippen LogP contribution is -2.32. The van der Waals surface area contributed by atoms with E-state index in [1.165, 1.54) is 23.5 Å². The van der Waals surface area contributed by atoms with Gasteiger partial charge in [0.2, 0.25) is 0 Å². The lowest BCUT2D eigenvalue weighted by atomic mass is 10.1. The minimum atomic E-state index is -0.711. The third kappa shape index (κ3) is 2.11. The normalized spacial score (nSPS) is 13.6. The maximum absolute atomic E-state index is 12.5. The Labute approximate surface area is 155 Å². The van der Waals surface area contributed by atoms with E-state index < -0.39 is 17.8 Å². The van der Waals surface area contributed by atoms with Gasteiger partial charge < -0.3 is 4.84 Å². The number of hydrogen-bond donors (Lipinski definition) is 0. The van der Waals surface area contributed by atoms with Crippen LogP contribution in [-0.2, 0) is 4.84 Å². The number of hydrogen-bond acceptors (Lipinski definition) is 6. The summed E-state index contributed by atoms with van der Waals surface area (Å²) >= 11 is 2.89. The van der Waals surface area contributed by atoms with Crippen LogP contribution in [0.4, 0.5) is 0 Å². The van der Waals surface area contributed by atoms with Crippen molar-refractivity contribution in [3.8, 4) is 0 Å². The van der Waals surface area contributed by atoms with E-state index >= 15 is 0 Å². The SMILES string of the molecule is O=C(ON1C(=O)c2ccccc2C1=O)c1cc2sc3ccccc3c2s1. The molecule has 4 aromatic rings. The highest BCUT2D eigenvalue weighted by molar-refractivity contribution is 7.33. The lowest BCUT2D eigenvalue weighted by Gasteiger charge is -2.11. The van der Waals surface area contributed by atoms with E-state index in [9.17, 15) is 14.4 Å². The second-order valence-electron chi connectivity index (χ2n) is 5.73. The monoisotopic (exact) mass is 379 g/mol. The van der Waals surface area contributed by atoms with Crippen LogP contribution in [0, 0.1) is 0 Å². The third-order valence-electron chi connectivity index (χ3n) is 4.18. The van der Waals surface area contributed by atoms with Gasteiger partial charge in [0.15, 0.2) is 0 Å². The summed E-state index contributed by atoms with van der Waals surface area (Å²) in [6, 6.07) is 16.1. The van der Waals surface area contributed by atoms with Gasteiger partial charge in [-0.25, -0.2) is 4.79 Å². The first-order valence-corrected chi connectivity index (χ1v) is 9.38. The quantitative estimate of drug-likeness (QED) is 0.482. The number of imide groups is 1. The summed E-state index contributed by atoms with van der Waals surface area (Å²) in [5.74, 6) is -1.96. The van der Waals surface area contributed by atoms with Gasteiger partial charge in [-0.05, 0) is 24.3 Å². The van der Waals surface area contributed by atoms with Crippen LogP contribution < -0.4 is 0 Å². The second-order valence-corrected chi connectivity index (χ2v) is 7.87. The zero-order chi connectivity index (χ0) is 17.8. The van der Waals surface area contributed by atoms with Crippen LogP contribution in [0.1, 0.15) is 30.4 Å². The van der Waals surface area contributed by atoms with Crippen molar-refractivity contribution in [2.45, 2.75) is 0 Å². The summed E-state index contributed by atoms with van der Waals surface area (Å²) in [5, 5.41) is 1.62. The van der Waals surface area contributed by atoms with Gasteiger partial charge in [0.25, 0.3) is 11.8 Å². The Morgan fingerprint density at radius 3 is 2.23 bits per heavy atom. The van der Waals surface area contributed by atoms with Crippen LogP contribution in [0.25, 0.3) is 19.5 Å². The summed E-state index contributed by atoms with van der Waals surface area (Å²) in [6.45, 7) is 0. The van der Waals surface area contributed by atoms with Gasteiger partial charge in [0, 0.05) is 14.8 Å². The Morgan fingerprint density at radius 2 is 1.50 bits per heavy atom. The number of fused-ring (bicyclic) bond motifs is 4. The van der Waals surface area contributed by atoms with Crippen molar-refractivity contribution in [1.29, 1.82) is 0 Å². The molecule has 0 bridgehead atoms. The molecule has 0 N–H and O–H groups in total. The van der Waals surface area contributed by atoms with Crippen molar-refractivity contribution < 1.29 is 19.2 Å². The fraction of sp³-hybridized carbons (Fsp3) is 0. The minimum absolute atomic E-state index is 0.239. The zero-order valence-corrected chi connectivity index (χ0v) is 14.7. The molecule has 0 saturated heterocycles. The fourth-order valence-corrected chi connectivity index (χ4v) is 5.38. The van der Waals surface area contributed by atoms with E-state index in [0.29, 0.717) is 9.94 Å². The smallest absolute Gasteiger partial charge is 0.323 e. The molecule has 126 valence electrons. The van der Waals surface area contributed by atoms with Crippen LogP contribution in [0.15, 0.2) is 54.6 Å². The minimum Gasteiger partial charge on any atom is -0.323 e. The molecule has 3 heterocycles. The Balaban J connectivity index is 1.47. The molecule has 5 nitrogen and oxygen atoms in total. The predicted molar refractivity (Wildman–Crippen MR) is 99.6 cm³/mol. The zero-order valence-electron chi connectivity index (χ0n) is 13.1. The van der Waals surface area contributed by atoms with Gasteiger partial charge in [0.05, 0.1) is 15.8 Å². The maximum atomic E-state index is 12.5. The molecule has 2 aromatic heterocycles. The standard InChI is InChI=1S/C19H9NO4S2/c21-17-10-5-1-2-6-11(10)18(22)20(17)24-19(23)15-9-14-16(26-15)12-7-3-4-8-13(12)25-14/h1-9H. The van der Waals surface area contributed by atoms with E-state index in [0.717, 1.165) is 19.5 Å². The topological polar surface area (TPSA) is 63.7 Å². The summed E-state index contributed by atoms with van der Waals surface area (Å²) < 4.78 is 3.12. The van der Waals surface area contributed by atoms with Gasteiger partial charge in [-0.15, -0.1) is 22.7 Å². The summed E-state index contributed by atoms with van der Waals surface area (Å²) in [4.78, 5) is 42.6. The number of rotatable bonds is 2. The molecule has 5 rings (SSSR count). The second kappa shape index (κ2) is 5.48. The van der Waals surface area contributed by atoms with Crippen molar-refractivity contribution in [1.82, 2.24) is 5.06 Å². The third-order valence-corrected chi connectivity index (χ3v) is 6.58. The van der Waals surface area contributed by atoms with Crippen LogP contribution in [0.3, 0.4) is 0 Å². The summed E-state index contributed by atoms with van der Waals surface area (Å²) in [5.41, 5.74) is 0.479. The van der Waals surface area contributed by atoms with Gasteiger partial charge >= 0.3 is 5.97 Å². The molecule has 26 heavy (non-hydrogen) atoms. The molecule has 0 aliphatic carbocycles. The molecule has 0 saturated carbocycles. The number of thiophene rings is 2. The first-order valence-electron chi connectivity index (χ1n) is 7.74. The predicted octanol–water partition coefficient (Wildman–Crippen LogP) is 4.48. The maximum Gasteiger partial charge on any atom is 0.373 e. The summed E-state index contributed by atoms with van der Waals surface area (Å²) in [6.07, 6.45) is 0. The summed E-state index contributed by atoms with van der Waals surface area (Å²) in [7, 11) is 0. The number of amides is 2. The highest BCUT2D eigenvalue weighted by Crippen LogP contribution is 2.39. The fourth-order valence-electron chi connectivity index (χ4n) is 2.98. The number of hydroxylamine groups is 2. The highest BCUT2D eigenvalue weighted by atomic mass is 32.1. The molecule has 7 heteroatoms. The van der Waals surface area contributed by atoms with Crippen molar-refractivity contribution in [3.63, 3.8) is 0 Å². The first-order chi connectivity index (χ1) is 12.6. The molecule has 0 atom stereocenters. The van der Waals surface area contributed by atoms with E-state index in [2.05, 4.69) is 0 Å². The van der Waals surface area contributed by atoms with Crippen LogP contribution in [-0.4, -0.2) is 22.8 Å². The van der Waals surface area contributed by atoms with Crippen molar-refractivity contribution in [3.05, 3.63) is 70.6 Å². The van der Waals surface area contributed by atoms with Gasteiger partial charge in [-0.2, -0.15) is 0 Å². The molecular formula is C19H9NO4S2. The molecule has 2 amide bonds. The Morgan fingerprint density at radius 1 is 0.846 bits per heavy atom. The first kappa shape index (κ1) is 15.2. The average molecular weight is 379 g/mol. The van der Waals surface area contributed by atoms with E-state index in [1.54, 1.807) is 29.5 Å². The lowest BCUT2D eigenvalue weighted by molar-refractivity contribution is -0.0581. The molecular weight excluding hydrogens is 370 g/mol. The Kier molecular flexibility index (Phi) is 3.22. The molecule has 0 unspecified atom stereocenters. The Hall–Kier alpha value is -3.03. The Bertz CT molecular complexity index is 1200. The van der Waals surface area contributed by atoms with E-state index in [1.807, 2.05) is 24.3 Å². The van der Waals surface area contributed by atoms with Crippen molar-refractivity contribution >= 4 is 59.9 Å². The molecule has 2 aromatic carbocycles. The number of nitrogens with zero attached hydrogens (tertiary/aromatic N) is 1. The van der Waals surface area contributed by atoms with Crippen molar-refractivity contribution in [2.75, 3.05) is 0 Å². The molecule has 0 fully saturated rings. The van der Waals surface area contributed by atoms with E-state index in [-0.39, 0.29) is 11.1 Å². The van der Waals surface area contributed by atoms with Gasteiger partial charge in [-0.3, -0.25) is 9.59 Å². The molecule has 0 radical (unpaired) electrons. The van der Waals surface area contributed by atoms with Crippen LogP contribution >= 0.6 is 22.7 Å². The van der Waals surface area contributed by atoms with Crippen LogP contribution in [0.5, 0.6) is 0 Å². The molecule has 1 aliphatic heterocycles. The number of carbonyl (C=O) groups excluding carboxylic acids is 3.